The Morgan fingerprint density at radius 1 is 1.41 bits per heavy atom. The van der Waals surface area contributed by atoms with E-state index in [1.165, 1.54) is 12.7 Å². The maximum absolute atomic E-state index is 11.6. The minimum Gasteiger partial charge on any atom is -0.357 e. The largest absolute Gasteiger partial charge is 0.357 e. The van der Waals surface area contributed by atoms with Gasteiger partial charge in [-0.2, -0.15) is 11.8 Å². The molecule has 1 saturated heterocycles. The predicted molar refractivity (Wildman–Crippen MR) is 95.5 cm³/mol. The van der Waals surface area contributed by atoms with E-state index in [1.807, 2.05) is 11.8 Å². The molecular weight excluding hydrogens is 318 g/mol. The first-order chi connectivity index (χ1) is 10.4. The van der Waals surface area contributed by atoms with E-state index in [0.717, 1.165) is 44.2 Å². The molecule has 2 fully saturated rings. The van der Waals surface area contributed by atoms with Gasteiger partial charge in [0.2, 0.25) is 0 Å². The van der Waals surface area contributed by atoms with Gasteiger partial charge in [-0.05, 0) is 26.2 Å². The standard InChI is InChI=1S/C15H29N3O2S2/c1-4-13-10-18(8-9-21-13)14(16-5-2)17-11-15(6-7-15)12-22(3,19)20/h13H,4-12H2,1-3H3,(H,16,17). The minimum absolute atomic E-state index is 0.0943. The number of thioether (sulfide) groups is 1. The van der Waals surface area contributed by atoms with Crippen molar-refractivity contribution < 1.29 is 8.42 Å². The van der Waals surface area contributed by atoms with Gasteiger partial charge in [0, 0.05) is 48.9 Å². The fourth-order valence-corrected chi connectivity index (χ4v) is 5.58. The topological polar surface area (TPSA) is 61.8 Å². The van der Waals surface area contributed by atoms with Crippen LogP contribution in [-0.4, -0.2) is 68.5 Å². The van der Waals surface area contributed by atoms with Crippen LogP contribution in [0.1, 0.15) is 33.1 Å². The van der Waals surface area contributed by atoms with Gasteiger partial charge in [0.1, 0.15) is 9.84 Å². The lowest BCUT2D eigenvalue weighted by Gasteiger charge is -2.34. The Morgan fingerprint density at radius 3 is 2.68 bits per heavy atom. The molecule has 0 aromatic carbocycles. The lowest BCUT2D eigenvalue weighted by Crippen LogP contribution is -2.48. The summed E-state index contributed by atoms with van der Waals surface area (Å²) in [6.45, 7) is 7.84. The molecule has 2 rings (SSSR count). The van der Waals surface area contributed by atoms with Gasteiger partial charge in [0.25, 0.3) is 0 Å². The number of aliphatic imine (C=N–C) groups is 1. The van der Waals surface area contributed by atoms with Crippen LogP contribution >= 0.6 is 11.8 Å². The van der Waals surface area contributed by atoms with E-state index in [0.29, 0.717) is 11.8 Å². The quantitative estimate of drug-likeness (QED) is 0.584. The van der Waals surface area contributed by atoms with E-state index >= 15 is 0 Å². The van der Waals surface area contributed by atoms with Crippen molar-refractivity contribution in [2.75, 3.05) is 43.9 Å². The molecule has 0 spiro atoms. The normalized spacial score (nSPS) is 25.1. The van der Waals surface area contributed by atoms with Gasteiger partial charge in [-0.25, -0.2) is 8.42 Å². The minimum atomic E-state index is -2.92. The van der Waals surface area contributed by atoms with E-state index in [-0.39, 0.29) is 11.2 Å². The molecule has 0 aromatic rings. The molecule has 128 valence electrons. The lowest BCUT2D eigenvalue weighted by atomic mass is 10.1. The summed E-state index contributed by atoms with van der Waals surface area (Å²) in [7, 11) is -2.92. The zero-order chi connectivity index (χ0) is 16.2. The fourth-order valence-electron chi connectivity index (χ4n) is 2.91. The van der Waals surface area contributed by atoms with Crippen molar-refractivity contribution in [3.8, 4) is 0 Å². The van der Waals surface area contributed by atoms with E-state index in [1.54, 1.807) is 0 Å². The maximum Gasteiger partial charge on any atom is 0.193 e. The molecule has 1 saturated carbocycles. The molecule has 1 unspecified atom stereocenters. The smallest absolute Gasteiger partial charge is 0.193 e. The third-order valence-electron chi connectivity index (χ3n) is 4.32. The highest BCUT2D eigenvalue weighted by molar-refractivity contribution is 8.00. The molecule has 1 atom stereocenters. The SMILES string of the molecule is CCNC(=NCC1(CS(C)(=O)=O)CC1)N1CCSC(CC)C1. The van der Waals surface area contributed by atoms with Gasteiger partial charge in [0.05, 0.1) is 5.75 Å². The molecule has 1 N–H and O–H groups in total. The van der Waals surface area contributed by atoms with Crippen LogP contribution in [0.5, 0.6) is 0 Å². The number of hydrogen-bond acceptors (Lipinski definition) is 4. The Balaban J connectivity index is 2.01. The molecule has 0 bridgehead atoms. The van der Waals surface area contributed by atoms with Crippen LogP contribution in [0.2, 0.25) is 0 Å². The molecule has 1 aliphatic carbocycles. The first-order valence-corrected chi connectivity index (χ1v) is 11.3. The summed E-state index contributed by atoms with van der Waals surface area (Å²) in [5.74, 6) is 2.37. The van der Waals surface area contributed by atoms with Gasteiger partial charge in [-0.3, -0.25) is 4.99 Å². The second kappa shape index (κ2) is 7.43. The van der Waals surface area contributed by atoms with Crippen LogP contribution in [-0.2, 0) is 9.84 Å². The summed E-state index contributed by atoms with van der Waals surface area (Å²) in [4.78, 5) is 7.12. The number of sulfone groups is 1. The highest BCUT2D eigenvalue weighted by Gasteiger charge is 2.45. The summed E-state index contributed by atoms with van der Waals surface area (Å²) in [6.07, 6.45) is 4.47. The summed E-state index contributed by atoms with van der Waals surface area (Å²) in [5, 5.41) is 4.05. The van der Waals surface area contributed by atoms with Gasteiger partial charge in [-0.1, -0.05) is 6.92 Å². The zero-order valence-corrected chi connectivity index (χ0v) is 15.6. The highest BCUT2D eigenvalue weighted by atomic mass is 32.2. The first-order valence-electron chi connectivity index (χ1n) is 8.20. The van der Waals surface area contributed by atoms with Gasteiger partial charge in [0.15, 0.2) is 5.96 Å². The van der Waals surface area contributed by atoms with Crippen molar-refractivity contribution in [1.82, 2.24) is 10.2 Å². The second-order valence-corrected chi connectivity index (χ2v) is 10.1. The van der Waals surface area contributed by atoms with Crippen molar-refractivity contribution in [2.45, 2.75) is 38.4 Å². The van der Waals surface area contributed by atoms with E-state index in [4.69, 9.17) is 4.99 Å². The van der Waals surface area contributed by atoms with Crippen LogP contribution in [0.3, 0.4) is 0 Å². The Kier molecular flexibility index (Phi) is 6.05. The third kappa shape index (κ3) is 5.33. The molecule has 1 heterocycles. The molecule has 1 aliphatic heterocycles. The lowest BCUT2D eigenvalue weighted by molar-refractivity contribution is 0.405. The third-order valence-corrected chi connectivity index (χ3v) is 6.83. The van der Waals surface area contributed by atoms with Gasteiger partial charge >= 0.3 is 0 Å². The van der Waals surface area contributed by atoms with Gasteiger partial charge in [-0.15, -0.1) is 0 Å². The van der Waals surface area contributed by atoms with Crippen LogP contribution in [0.4, 0.5) is 0 Å². The predicted octanol–water partition coefficient (Wildman–Crippen LogP) is 1.60. The average Bonchev–Trinajstić information content (AvgIpc) is 3.21. The summed E-state index contributed by atoms with van der Waals surface area (Å²) < 4.78 is 23.1. The van der Waals surface area contributed by atoms with E-state index in [2.05, 4.69) is 24.1 Å². The summed E-state index contributed by atoms with van der Waals surface area (Å²) in [6, 6.07) is 0. The van der Waals surface area contributed by atoms with Crippen LogP contribution in [0, 0.1) is 5.41 Å². The molecular formula is C15H29N3O2S2. The average molecular weight is 348 g/mol. The number of nitrogens with one attached hydrogen (secondary N) is 1. The molecule has 2 aliphatic rings. The van der Waals surface area contributed by atoms with E-state index < -0.39 is 9.84 Å². The number of guanidine groups is 1. The van der Waals surface area contributed by atoms with Crippen molar-refractivity contribution in [3.05, 3.63) is 0 Å². The van der Waals surface area contributed by atoms with Gasteiger partial charge < -0.3 is 10.2 Å². The second-order valence-electron chi connectivity index (χ2n) is 6.59. The molecule has 7 heteroatoms. The van der Waals surface area contributed by atoms with E-state index in [9.17, 15) is 8.42 Å². The van der Waals surface area contributed by atoms with Crippen LogP contribution in [0.15, 0.2) is 4.99 Å². The molecule has 0 radical (unpaired) electrons. The molecule has 22 heavy (non-hydrogen) atoms. The Morgan fingerprint density at radius 2 is 2.14 bits per heavy atom. The monoisotopic (exact) mass is 347 g/mol. The summed E-state index contributed by atoms with van der Waals surface area (Å²) in [5.41, 5.74) is -0.0943. The van der Waals surface area contributed by atoms with Crippen molar-refractivity contribution in [1.29, 1.82) is 0 Å². The van der Waals surface area contributed by atoms with Crippen LogP contribution in [0.25, 0.3) is 0 Å². The number of hydrogen-bond donors (Lipinski definition) is 1. The van der Waals surface area contributed by atoms with Crippen molar-refractivity contribution in [3.63, 3.8) is 0 Å². The highest BCUT2D eigenvalue weighted by Crippen LogP contribution is 2.47. The van der Waals surface area contributed by atoms with Crippen molar-refractivity contribution >= 4 is 27.6 Å². The number of nitrogens with zero attached hydrogens (tertiary/aromatic N) is 2. The Labute approximate surface area is 139 Å². The van der Waals surface area contributed by atoms with Crippen LogP contribution < -0.4 is 5.32 Å². The summed E-state index contributed by atoms with van der Waals surface area (Å²) >= 11 is 2.04. The zero-order valence-electron chi connectivity index (χ0n) is 14.0. The number of rotatable bonds is 6. The fraction of sp³-hybridized carbons (Fsp3) is 0.933. The maximum atomic E-state index is 11.6. The molecule has 0 aromatic heterocycles. The molecule has 5 nitrogen and oxygen atoms in total. The van der Waals surface area contributed by atoms with Crippen molar-refractivity contribution in [2.24, 2.45) is 10.4 Å². The Hall–Kier alpha value is -0.430. The first kappa shape index (κ1) is 17.9. The molecule has 0 amide bonds. The Bertz CT molecular complexity index is 501.